The van der Waals surface area contributed by atoms with Gasteiger partial charge in [-0.3, -0.25) is 43.9 Å². The Labute approximate surface area is 259 Å². The number of nitrogens with zero attached hydrogens (tertiary/aromatic N) is 4. The number of rotatable bonds is 7. The fraction of sp³-hybridized carbons (Fsp3) is 0.441. The predicted octanol–water partition coefficient (Wildman–Crippen LogP) is 3.58. The van der Waals surface area contributed by atoms with E-state index in [-0.39, 0.29) is 47.8 Å². The van der Waals surface area contributed by atoms with Crippen molar-refractivity contribution >= 4 is 29.5 Å². The highest BCUT2D eigenvalue weighted by molar-refractivity contribution is 6.23. The lowest BCUT2D eigenvalue weighted by Crippen LogP contribution is -2.54. The van der Waals surface area contributed by atoms with Crippen LogP contribution in [0, 0.1) is 18.3 Å². The summed E-state index contributed by atoms with van der Waals surface area (Å²) in [7, 11) is 0. The number of amides is 5. The molecule has 2 N–H and O–H groups in total. The van der Waals surface area contributed by atoms with Crippen LogP contribution in [-0.2, 0) is 20.9 Å². The standard InChI is InChI=1S/C34H34N6O5/c1-18-3-2-4-26(36-18)25-17-39(38-29(25)20-6-7-20)22-14-34(15-22)12-21(13-34)30(42)35-16-19-5-8-23-24(11-19)33(45)40(32(23)44)27-9-10-28(41)37-31(27)43/h2-5,8,11,17,20-22,27H,6-7,9-10,12-16H2,1H3,(H,35,42)(H,37,41,43). The molecule has 230 valence electrons. The Morgan fingerprint density at radius 2 is 1.76 bits per heavy atom. The maximum atomic E-state index is 13.1. The molecule has 0 bridgehead atoms. The molecule has 1 atom stereocenters. The van der Waals surface area contributed by atoms with E-state index in [4.69, 9.17) is 10.1 Å². The molecule has 4 fully saturated rings. The van der Waals surface area contributed by atoms with Crippen molar-refractivity contribution in [2.24, 2.45) is 11.3 Å². The van der Waals surface area contributed by atoms with Gasteiger partial charge in [-0.05, 0) is 87.1 Å². The third-order valence-corrected chi connectivity index (χ3v) is 10.3. The predicted molar refractivity (Wildman–Crippen MR) is 161 cm³/mol. The van der Waals surface area contributed by atoms with E-state index >= 15 is 0 Å². The van der Waals surface area contributed by atoms with Crippen molar-refractivity contribution < 1.29 is 24.0 Å². The van der Waals surface area contributed by atoms with Crippen molar-refractivity contribution in [3.05, 3.63) is 70.7 Å². The van der Waals surface area contributed by atoms with Crippen LogP contribution in [0.15, 0.2) is 42.6 Å². The third kappa shape index (κ3) is 4.76. The molecule has 1 unspecified atom stereocenters. The van der Waals surface area contributed by atoms with Gasteiger partial charge in [-0.2, -0.15) is 5.10 Å². The van der Waals surface area contributed by atoms with Gasteiger partial charge in [0, 0.05) is 42.3 Å². The van der Waals surface area contributed by atoms with Crippen molar-refractivity contribution in [3.63, 3.8) is 0 Å². The van der Waals surface area contributed by atoms with Gasteiger partial charge in [0.1, 0.15) is 6.04 Å². The molecule has 2 aromatic heterocycles. The van der Waals surface area contributed by atoms with Gasteiger partial charge < -0.3 is 5.32 Å². The largest absolute Gasteiger partial charge is 0.352 e. The molecule has 3 aromatic rings. The van der Waals surface area contributed by atoms with Crippen LogP contribution < -0.4 is 10.6 Å². The summed E-state index contributed by atoms with van der Waals surface area (Å²) in [6.07, 6.45) is 8.48. The second-order valence-corrected chi connectivity index (χ2v) is 13.6. The number of nitrogens with one attached hydrogen (secondary N) is 2. The lowest BCUT2D eigenvalue weighted by Gasteiger charge is -2.57. The van der Waals surface area contributed by atoms with Gasteiger partial charge in [0.15, 0.2) is 0 Å². The van der Waals surface area contributed by atoms with E-state index in [0.717, 1.165) is 47.5 Å². The Morgan fingerprint density at radius 1 is 0.978 bits per heavy atom. The first-order chi connectivity index (χ1) is 21.7. The van der Waals surface area contributed by atoms with E-state index in [1.807, 2.05) is 19.1 Å². The zero-order chi connectivity index (χ0) is 31.0. The molecule has 8 rings (SSSR count). The molecule has 5 aliphatic rings. The topological polar surface area (TPSA) is 143 Å². The Morgan fingerprint density at radius 3 is 2.49 bits per heavy atom. The molecule has 0 radical (unpaired) electrons. The summed E-state index contributed by atoms with van der Waals surface area (Å²) in [5, 5.41) is 10.2. The minimum absolute atomic E-state index is 0.0000589. The van der Waals surface area contributed by atoms with Gasteiger partial charge >= 0.3 is 0 Å². The van der Waals surface area contributed by atoms with Crippen LogP contribution in [0.1, 0.15) is 101 Å². The number of carbonyl (C=O) groups is 5. The lowest BCUT2D eigenvalue weighted by molar-refractivity contribution is -0.140. The monoisotopic (exact) mass is 606 g/mol. The number of carbonyl (C=O) groups excluding carboxylic acids is 5. The molecule has 3 aliphatic carbocycles. The summed E-state index contributed by atoms with van der Waals surface area (Å²) < 4.78 is 2.15. The number of aryl methyl sites for hydroxylation is 1. The lowest BCUT2D eigenvalue weighted by atomic mass is 9.50. The Hall–Kier alpha value is -4.67. The zero-order valence-electron chi connectivity index (χ0n) is 25.0. The van der Waals surface area contributed by atoms with Gasteiger partial charge in [0.25, 0.3) is 11.8 Å². The van der Waals surface area contributed by atoms with Crippen LogP contribution in [0.3, 0.4) is 0 Å². The van der Waals surface area contributed by atoms with Gasteiger partial charge in [-0.1, -0.05) is 12.1 Å². The van der Waals surface area contributed by atoms with Crippen molar-refractivity contribution in [1.82, 2.24) is 30.3 Å². The van der Waals surface area contributed by atoms with Crippen LogP contribution >= 0.6 is 0 Å². The molecule has 45 heavy (non-hydrogen) atoms. The zero-order valence-corrected chi connectivity index (χ0v) is 25.0. The summed E-state index contributed by atoms with van der Waals surface area (Å²) in [4.78, 5) is 68.6. The van der Waals surface area contributed by atoms with Crippen molar-refractivity contribution in [1.29, 1.82) is 0 Å². The third-order valence-electron chi connectivity index (χ3n) is 10.3. The van der Waals surface area contributed by atoms with Crippen molar-refractivity contribution in [2.75, 3.05) is 0 Å². The fourth-order valence-corrected chi connectivity index (χ4v) is 7.73. The molecule has 4 heterocycles. The highest BCUT2D eigenvalue weighted by atomic mass is 16.2. The Bertz CT molecular complexity index is 1790. The van der Waals surface area contributed by atoms with E-state index in [9.17, 15) is 24.0 Å². The maximum absolute atomic E-state index is 13.1. The molecule has 1 spiro atoms. The normalized spacial score (nSPS) is 27.2. The minimum Gasteiger partial charge on any atom is -0.352 e. The number of imide groups is 2. The minimum atomic E-state index is -1.00. The van der Waals surface area contributed by atoms with Gasteiger partial charge in [0.2, 0.25) is 17.7 Å². The summed E-state index contributed by atoms with van der Waals surface area (Å²) in [6, 6.07) is 10.4. The summed E-state index contributed by atoms with van der Waals surface area (Å²) in [5.41, 5.74) is 5.64. The number of pyridine rings is 1. The van der Waals surface area contributed by atoms with Crippen molar-refractivity contribution in [3.8, 4) is 11.3 Å². The highest BCUT2D eigenvalue weighted by Gasteiger charge is 2.55. The maximum Gasteiger partial charge on any atom is 0.262 e. The molecule has 11 heteroatoms. The average Bonchev–Trinajstić information content (AvgIpc) is 3.68. The van der Waals surface area contributed by atoms with E-state index in [1.165, 1.54) is 18.5 Å². The van der Waals surface area contributed by atoms with Gasteiger partial charge in [0.05, 0.1) is 28.6 Å². The SMILES string of the molecule is Cc1cccc(-c2cn(C3CC4(CC(C(=O)NCc5ccc6c(c5)C(=O)N(C5CCC(=O)NC5=O)C6=O)C4)C3)nc2C2CC2)n1. The van der Waals surface area contributed by atoms with Crippen LogP contribution in [0.4, 0.5) is 0 Å². The van der Waals surface area contributed by atoms with E-state index in [0.29, 0.717) is 17.5 Å². The quantitative estimate of drug-likeness (QED) is 0.392. The van der Waals surface area contributed by atoms with Crippen LogP contribution in [-0.4, -0.2) is 55.2 Å². The molecule has 3 saturated carbocycles. The average molecular weight is 607 g/mol. The number of fused-ring (bicyclic) bond motifs is 1. The number of aromatic nitrogens is 3. The van der Waals surface area contributed by atoms with E-state index < -0.39 is 29.7 Å². The Kier molecular flexibility index (Phi) is 6.30. The fourth-order valence-electron chi connectivity index (χ4n) is 7.73. The van der Waals surface area contributed by atoms with Crippen LogP contribution in [0.25, 0.3) is 11.3 Å². The highest BCUT2D eigenvalue weighted by Crippen LogP contribution is 2.63. The number of piperidine rings is 1. The van der Waals surface area contributed by atoms with E-state index in [2.05, 4.69) is 27.6 Å². The Balaban J connectivity index is 0.861. The van der Waals surface area contributed by atoms with Crippen LogP contribution in [0.5, 0.6) is 0 Å². The molecule has 5 amide bonds. The van der Waals surface area contributed by atoms with Gasteiger partial charge in [-0.15, -0.1) is 0 Å². The molecule has 11 nitrogen and oxygen atoms in total. The second-order valence-electron chi connectivity index (χ2n) is 13.6. The number of hydrogen-bond donors (Lipinski definition) is 2. The molecular weight excluding hydrogens is 572 g/mol. The first-order valence-corrected chi connectivity index (χ1v) is 15.8. The van der Waals surface area contributed by atoms with E-state index in [1.54, 1.807) is 18.2 Å². The smallest absolute Gasteiger partial charge is 0.262 e. The molecule has 2 aliphatic heterocycles. The van der Waals surface area contributed by atoms with Crippen molar-refractivity contribution in [2.45, 2.75) is 82.8 Å². The summed E-state index contributed by atoms with van der Waals surface area (Å²) in [5.74, 6) is -1.66. The number of hydrogen-bond acceptors (Lipinski definition) is 7. The van der Waals surface area contributed by atoms with Crippen LogP contribution in [0.2, 0.25) is 0 Å². The first-order valence-electron chi connectivity index (χ1n) is 15.8. The van der Waals surface area contributed by atoms with Gasteiger partial charge in [-0.25, -0.2) is 0 Å². The number of benzene rings is 1. The molecule has 1 saturated heterocycles. The summed E-state index contributed by atoms with van der Waals surface area (Å²) >= 11 is 0. The second kappa shape index (κ2) is 10.2. The molecular formula is C34H34N6O5. The molecule has 1 aromatic carbocycles. The first kappa shape index (κ1) is 27.8. The summed E-state index contributed by atoms with van der Waals surface area (Å²) in [6.45, 7) is 2.25.